The van der Waals surface area contributed by atoms with E-state index in [2.05, 4.69) is 10.6 Å². The minimum Gasteiger partial charge on any atom is -0.390 e. The second-order valence-electron chi connectivity index (χ2n) is 2.98. The monoisotopic (exact) mass is 187 g/mol. The van der Waals surface area contributed by atoms with Crippen molar-refractivity contribution < 1.29 is 14.7 Å². The van der Waals surface area contributed by atoms with Gasteiger partial charge in [0.1, 0.15) is 0 Å². The second kappa shape index (κ2) is 4.20. The Kier molecular flexibility index (Phi) is 3.21. The zero-order chi connectivity index (χ0) is 9.84. The highest BCUT2D eigenvalue weighted by Crippen LogP contribution is 2.05. The molecule has 0 saturated carbocycles. The Balaban J connectivity index is 2.15. The van der Waals surface area contributed by atoms with E-state index in [9.17, 15) is 9.59 Å². The smallest absolute Gasteiger partial charge is 0.321 e. The van der Waals surface area contributed by atoms with Gasteiger partial charge in [-0.05, 0) is 0 Å². The lowest BCUT2D eigenvalue weighted by Gasteiger charge is -2.34. The lowest BCUT2D eigenvalue weighted by atomic mass is 10.2. The Morgan fingerprint density at radius 3 is 2.62 bits per heavy atom. The molecule has 0 radical (unpaired) electrons. The van der Waals surface area contributed by atoms with Crippen molar-refractivity contribution in [2.75, 3.05) is 26.7 Å². The number of amides is 3. The minimum absolute atomic E-state index is 0.157. The average molecular weight is 187 g/mol. The predicted octanol–water partition coefficient (Wildman–Crippen LogP) is -1.88. The van der Waals surface area contributed by atoms with Crippen LogP contribution in [0.2, 0.25) is 0 Å². The molecule has 1 saturated heterocycles. The zero-order valence-corrected chi connectivity index (χ0v) is 7.41. The maximum Gasteiger partial charge on any atom is 0.321 e. The van der Waals surface area contributed by atoms with Crippen LogP contribution in [0.3, 0.4) is 0 Å². The maximum atomic E-state index is 11.0. The van der Waals surface area contributed by atoms with Gasteiger partial charge in [-0.15, -0.1) is 0 Å². The van der Waals surface area contributed by atoms with Crippen LogP contribution in [0.5, 0.6) is 0 Å². The van der Waals surface area contributed by atoms with Gasteiger partial charge in [0.2, 0.25) is 5.91 Å². The van der Waals surface area contributed by atoms with Crippen molar-refractivity contribution in [1.29, 1.82) is 0 Å². The number of carbonyl (C=O) groups excluding carboxylic acids is 2. The number of urea groups is 1. The van der Waals surface area contributed by atoms with Crippen LogP contribution in [0.4, 0.5) is 4.79 Å². The number of imide groups is 1. The number of aliphatic hydroxyl groups excluding tert-OH is 1. The highest BCUT2D eigenvalue weighted by atomic mass is 16.3. The second-order valence-corrected chi connectivity index (χ2v) is 2.98. The fraction of sp³-hybridized carbons (Fsp3) is 0.714. The van der Waals surface area contributed by atoms with Crippen LogP contribution in [-0.4, -0.2) is 54.7 Å². The molecule has 74 valence electrons. The molecule has 1 rings (SSSR count). The molecule has 0 aromatic heterocycles. The Hall–Kier alpha value is -1.14. The van der Waals surface area contributed by atoms with Gasteiger partial charge in [0, 0.05) is 20.1 Å². The van der Waals surface area contributed by atoms with Crippen LogP contribution >= 0.6 is 0 Å². The van der Waals surface area contributed by atoms with Crippen LogP contribution in [0.25, 0.3) is 0 Å². The van der Waals surface area contributed by atoms with Crippen molar-refractivity contribution in [3.8, 4) is 0 Å². The molecule has 1 fully saturated rings. The van der Waals surface area contributed by atoms with Crippen molar-refractivity contribution in [2.24, 2.45) is 0 Å². The van der Waals surface area contributed by atoms with E-state index >= 15 is 0 Å². The SMILES string of the molecule is CNC(=O)NC(=O)CN1CC(O)C1. The number of rotatable bonds is 2. The summed E-state index contributed by atoms with van der Waals surface area (Å²) < 4.78 is 0. The normalized spacial score (nSPS) is 17.7. The Labute approximate surface area is 75.9 Å². The molecule has 0 aromatic carbocycles. The van der Waals surface area contributed by atoms with E-state index in [4.69, 9.17) is 5.11 Å². The molecule has 3 N–H and O–H groups in total. The van der Waals surface area contributed by atoms with E-state index in [0.29, 0.717) is 13.1 Å². The largest absolute Gasteiger partial charge is 0.390 e. The number of likely N-dealkylation sites (tertiary alicyclic amines) is 1. The van der Waals surface area contributed by atoms with Gasteiger partial charge in [-0.25, -0.2) is 4.79 Å². The molecule has 1 heterocycles. The topological polar surface area (TPSA) is 81.7 Å². The molecule has 3 amide bonds. The minimum atomic E-state index is -0.508. The molecular weight excluding hydrogens is 174 g/mol. The van der Waals surface area contributed by atoms with Gasteiger partial charge in [0.15, 0.2) is 0 Å². The number of hydrogen-bond donors (Lipinski definition) is 3. The van der Waals surface area contributed by atoms with E-state index in [1.54, 1.807) is 4.90 Å². The summed E-state index contributed by atoms with van der Waals surface area (Å²) >= 11 is 0. The average Bonchev–Trinajstić information content (AvgIpc) is 2.01. The van der Waals surface area contributed by atoms with Gasteiger partial charge in [-0.3, -0.25) is 15.0 Å². The van der Waals surface area contributed by atoms with Crippen LogP contribution in [0, 0.1) is 0 Å². The number of hydrogen-bond acceptors (Lipinski definition) is 4. The molecule has 0 unspecified atom stereocenters. The molecule has 6 heteroatoms. The van der Waals surface area contributed by atoms with E-state index in [-0.39, 0.29) is 18.6 Å². The summed E-state index contributed by atoms with van der Waals surface area (Å²) in [6, 6.07) is -0.508. The van der Waals surface area contributed by atoms with Crippen LogP contribution in [0.1, 0.15) is 0 Å². The highest BCUT2D eigenvalue weighted by Gasteiger charge is 2.26. The summed E-state index contributed by atoms with van der Waals surface area (Å²) in [5, 5.41) is 13.3. The number of nitrogens with zero attached hydrogens (tertiary/aromatic N) is 1. The van der Waals surface area contributed by atoms with Gasteiger partial charge in [-0.1, -0.05) is 0 Å². The van der Waals surface area contributed by atoms with Crippen LogP contribution in [-0.2, 0) is 4.79 Å². The van der Waals surface area contributed by atoms with Gasteiger partial charge in [0.25, 0.3) is 0 Å². The molecule has 0 atom stereocenters. The van der Waals surface area contributed by atoms with E-state index in [1.165, 1.54) is 7.05 Å². The van der Waals surface area contributed by atoms with E-state index < -0.39 is 6.03 Å². The fourth-order valence-electron chi connectivity index (χ4n) is 1.10. The molecule has 1 aliphatic heterocycles. The summed E-state index contributed by atoms with van der Waals surface area (Å²) in [7, 11) is 1.44. The summed E-state index contributed by atoms with van der Waals surface area (Å²) in [5.74, 6) is -0.355. The van der Waals surface area contributed by atoms with Crippen molar-refractivity contribution in [3.05, 3.63) is 0 Å². The first kappa shape index (κ1) is 9.94. The number of nitrogens with one attached hydrogen (secondary N) is 2. The van der Waals surface area contributed by atoms with Crippen molar-refractivity contribution in [2.45, 2.75) is 6.10 Å². The Morgan fingerprint density at radius 1 is 1.54 bits per heavy atom. The van der Waals surface area contributed by atoms with Crippen molar-refractivity contribution in [3.63, 3.8) is 0 Å². The van der Waals surface area contributed by atoms with Gasteiger partial charge < -0.3 is 10.4 Å². The van der Waals surface area contributed by atoms with Crippen molar-refractivity contribution in [1.82, 2.24) is 15.5 Å². The number of aliphatic hydroxyl groups is 1. The fourth-order valence-corrected chi connectivity index (χ4v) is 1.10. The summed E-state index contributed by atoms with van der Waals surface area (Å²) in [4.78, 5) is 23.4. The summed E-state index contributed by atoms with van der Waals surface area (Å²) in [6.45, 7) is 1.16. The molecule has 0 aliphatic carbocycles. The molecular formula is C7H13N3O3. The highest BCUT2D eigenvalue weighted by molar-refractivity contribution is 5.95. The quantitative estimate of drug-likeness (QED) is 0.472. The van der Waals surface area contributed by atoms with Crippen LogP contribution in [0.15, 0.2) is 0 Å². The molecule has 13 heavy (non-hydrogen) atoms. The Morgan fingerprint density at radius 2 is 2.15 bits per heavy atom. The first-order chi connectivity index (χ1) is 6.11. The van der Waals surface area contributed by atoms with Gasteiger partial charge in [0.05, 0.1) is 12.6 Å². The lowest BCUT2D eigenvalue weighted by Crippen LogP contribution is -2.54. The molecule has 6 nitrogen and oxygen atoms in total. The molecule has 0 bridgehead atoms. The number of β-amino-alcohol motifs (C(OH)–C–C–N with tert-alkyl or cyclic N) is 1. The zero-order valence-electron chi connectivity index (χ0n) is 7.41. The van der Waals surface area contributed by atoms with Gasteiger partial charge in [-0.2, -0.15) is 0 Å². The summed E-state index contributed by atoms with van der Waals surface area (Å²) in [6.07, 6.45) is -0.326. The lowest BCUT2D eigenvalue weighted by molar-refractivity contribution is -0.123. The molecule has 0 spiro atoms. The predicted molar refractivity (Wildman–Crippen MR) is 45.0 cm³/mol. The third-order valence-electron chi connectivity index (χ3n) is 1.79. The molecule has 0 aromatic rings. The van der Waals surface area contributed by atoms with E-state index in [0.717, 1.165) is 0 Å². The van der Waals surface area contributed by atoms with Crippen LogP contribution < -0.4 is 10.6 Å². The third kappa shape index (κ3) is 3.00. The first-order valence-corrected chi connectivity index (χ1v) is 4.04. The van der Waals surface area contributed by atoms with E-state index in [1.807, 2.05) is 0 Å². The Bertz CT molecular complexity index is 213. The first-order valence-electron chi connectivity index (χ1n) is 4.04. The maximum absolute atomic E-state index is 11.0. The molecule has 1 aliphatic rings. The standard InChI is InChI=1S/C7H13N3O3/c1-8-7(13)9-6(12)4-10-2-5(11)3-10/h5,11H,2-4H2,1H3,(H2,8,9,12,13). The summed E-state index contributed by atoms with van der Waals surface area (Å²) in [5.41, 5.74) is 0. The van der Waals surface area contributed by atoms with Crippen molar-refractivity contribution >= 4 is 11.9 Å². The number of carbonyl (C=O) groups is 2. The van der Waals surface area contributed by atoms with Gasteiger partial charge >= 0.3 is 6.03 Å². The third-order valence-corrected chi connectivity index (χ3v) is 1.79.